The highest BCUT2D eigenvalue weighted by atomic mass is 19.4. The molecule has 1 aliphatic rings. The maximum absolute atomic E-state index is 12.6. The van der Waals surface area contributed by atoms with E-state index in [-0.39, 0.29) is 34.2 Å². The number of amides is 2. The van der Waals surface area contributed by atoms with Crippen LogP contribution in [0.25, 0.3) is 5.57 Å². The number of alkyl halides is 3. The molecule has 0 atom stereocenters. The Labute approximate surface area is 340 Å². The van der Waals surface area contributed by atoms with E-state index < -0.39 is 40.3 Å². The number of nitrogens with one attached hydrogen (secondary N) is 2. The van der Waals surface area contributed by atoms with Gasteiger partial charge in [0.15, 0.2) is 0 Å². The average molecular weight is 803 g/mol. The van der Waals surface area contributed by atoms with Crippen LogP contribution in [0.3, 0.4) is 0 Å². The van der Waals surface area contributed by atoms with Gasteiger partial charge in [-0.3, -0.25) is 28.8 Å². The molecule has 2 amide bonds. The van der Waals surface area contributed by atoms with Crippen molar-refractivity contribution in [2.45, 2.75) is 154 Å². The Hall–Kier alpha value is -4.41. The third-order valence-corrected chi connectivity index (χ3v) is 6.91. The summed E-state index contributed by atoms with van der Waals surface area (Å²) in [5.41, 5.74) is 1.69. The van der Waals surface area contributed by atoms with Crippen molar-refractivity contribution >= 4 is 40.5 Å². The van der Waals surface area contributed by atoms with E-state index in [0.717, 1.165) is 22.3 Å². The number of carbonyl (C=O) groups excluding carboxylic acids is 6. The standard InChI is InChI=1S/C14H19NO.C11H16F3NO.C11H18O2.C10H16O2/c1-11(12-8-6-5-7-9-12)10-13(16)15-14(2,3)4;1-10(2,3)15-9(16)6-8(7-4-5-7)11(12,13)14;1-8(2)6-9(12)10(13)7-11(3,4)5;1-7(2)6-8(11)9(12)10(3,4)5/h5-10H,1-4H3,(H,15,16);6-7H,4-5H2,1-3H3,(H,15,16);6H,7H2,1-5H3;6H,1-5H3/b11-10-;8-6+;;. The summed E-state index contributed by atoms with van der Waals surface area (Å²) in [5.74, 6) is -2.61. The van der Waals surface area contributed by atoms with E-state index in [1.807, 2.05) is 92.6 Å². The molecular formula is C46H69F3N2O6. The molecule has 320 valence electrons. The summed E-state index contributed by atoms with van der Waals surface area (Å²) in [6, 6.07) is 9.89. The summed E-state index contributed by atoms with van der Waals surface area (Å²) in [6.07, 6.45) is 2.08. The van der Waals surface area contributed by atoms with Crippen molar-refractivity contribution in [3.63, 3.8) is 0 Å². The van der Waals surface area contributed by atoms with Gasteiger partial charge in [-0.05, 0) is 124 Å². The zero-order valence-corrected chi connectivity index (χ0v) is 37.5. The van der Waals surface area contributed by atoms with Gasteiger partial charge < -0.3 is 10.6 Å². The predicted octanol–water partition coefficient (Wildman–Crippen LogP) is 10.5. The lowest BCUT2D eigenvalue weighted by atomic mass is 9.88. The minimum absolute atomic E-state index is 0.0474. The molecule has 0 heterocycles. The lowest BCUT2D eigenvalue weighted by Gasteiger charge is -2.20. The molecule has 1 aromatic rings. The largest absolute Gasteiger partial charge is 0.413 e. The highest BCUT2D eigenvalue weighted by Gasteiger charge is 2.43. The zero-order valence-electron chi connectivity index (χ0n) is 37.5. The Kier molecular flexibility index (Phi) is 22.2. The van der Waals surface area contributed by atoms with Gasteiger partial charge in [0.05, 0.1) is 0 Å². The molecule has 11 heteroatoms. The number of hydrogen-bond donors (Lipinski definition) is 2. The fourth-order valence-corrected chi connectivity index (χ4v) is 4.37. The number of allylic oxidation sites excluding steroid dienone is 6. The van der Waals surface area contributed by atoms with Crippen LogP contribution >= 0.6 is 0 Å². The van der Waals surface area contributed by atoms with E-state index in [4.69, 9.17) is 0 Å². The third kappa shape index (κ3) is 29.5. The number of halogens is 3. The number of hydrogen-bond acceptors (Lipinski definition) is 6. The average Bonchev–Trinajstić information content (AvgIpc) is 3.82. The quantitative estimate of drug-likeness (QED) is 0.189. The highest BCUT2D eigenvalue weighted by molar-refractivity contribution is 6.43. The molecule has 0 saturated heterocycles. The van der Waals surface area contributed by atoms with Crippen molar-refractivity contribution in [2.75, 3.05) is 0 Å². The van der Waals surface area contributed by atoms with E-state index in [1.165, 1.54) is 12.2 Å². The first-order chi connectivity index (χ1) is 25.4. The Morgan fingerprint density at radius 2 is 1.02 bits per heavy atom. The van der Waals surface area contributed by atoms with Gasteiger partial charge in [-0.2, -0.15) is 13.2 Å². The summed E-state index contributed by atoms with van der Waals surface area (Å²) < 4.78 is 37.7. The lowest BCUT2D eigenvalue weighted by Crippen LogP contribution is -2.40. The Balaban J connectivity index is 0. The van der Waals surface area contributed by atoms with Crippen LogP contribution in [-0.2, 0) is 28.8 Å². The molecule has 0 spiro atoms. The molecular weight excluding hydrogens is 734 g/mol. The van der Waals surface area contributed by atoms with Gasteiger partial charge in [0.25, 0.3) is 0 Å². The van der Waals surface area contributed by atoms with E-state index in [1.54, 1.807) is 61.5 Å². The Morgan fingerprint density at radius 1 is 0.614 bits per heavy atom. The van der Waals surface area contributed by atoms with Gasteiger partial charge in [-0.1, -0.05) is 83.0 Å². The summed E-state index contributed by atoms with van der Waals surface area (Å²) in [4.78, 5) is 68.0. The monoisotopic (exact) mass is 803 g/mol. The van der Waals surface area contributed by atoms with Gasteiger partial charge in [0, 0.05) is 40.6 Å². The van der Waals surface area contributed by atoms with E-state index in [0.29, 0.717) is 25.3 Å². The van der Waals surface area contributed by atoms with Gasteiger partial charge >= 0.3 is 6.18 Å². The number of carbonyl (C=O) groups is 6. The Morgan fingerprint density at radius 3 is 1.35 bits per heavy atom. The second-order valence-electron chi connectivity index (χ2n) is 19.0. The summed E-state index contributed by atoms with van der Waals surface area (Å²) >= 11 is 0. The smallest absolute Gasteiger partial charge is 0.348 e. The van der Waals surface area contributed by atoms with Crippen LogP contribution in [0.1, 0.15) is 143 Å². The molecule has 8 nitrogen and oxygen atoms in total. The van der Waals surface area contributed by atoms with E-state index in [2.05, 4.69) is 10.6 Å². The fourth-order valence-electron chi connectivity index (χ4n) is 4.37. The number of rotatable bonds is 9. The third-order valence-electron chi connectivity index (χ3n) is 6.91. The van der Waals surface area contributed by atoms with Gasteiger partial charge in [0.1, 0.15) is 0 Å². The molecule has 1 fully saturated rings. The number of Topliss-reactive ketones (excluding diaryl/α,β-unsaturated/α-hetero) is 2. The van der Waals surface area contributed by atoms with Gasteiger partial charge in [0.2, 0.25) is 34.9 Å². The number of ketones is 4. The van der Waals surface area contributed by atoms with E-state index in [9.17, 15) is 41.9 Å². The van der Waals surface area contributed by atoms with Crippen LogP contribution in [0.4, 0.5) is 13.2 Å². The van der Waals surface area contributed by atoms with Crippen molar-refractivity contribution in [1.82, 2.24) is 10.6 Å². The first-order valence-corrected chi connectivity index (χ1v) is 19.1. The second kappa shape index (κ2) is 23.1. The minimum atomic E-state index is -4.39. The number of benzene rings is 1. The maximum Gasteiger partial charge on any atom is 0.413 e. The highest BCUT2D eigenvalue weighted by Crippen LogP contribution is 2.44. The van der Waals surface area contributed by atoms with Crippen LogP contribution in [0.15, 0.2) is 71.4 Å². The second-order valence-corrected chi connectivity index (χ2v) is 19.0. The normalized spacial score (nSPS) is 13.4. The van der Waals surface area contributed by atoms with Crippen molar-refractivity contribution in [1.29, 1.82) is 0 Å². The SMILES string of the molecule is C/C(=C/C(=O)NC(C)(C)C)c1ccccc1.CC(C)(C)NC(=O)/C=C(\C1CC1)C(F)(F)F.CC(C)=CC(=O)C(=O)C(C)(C)C.CC(C)=CC(=O)C(=O)CC(C)(C)C. The van der Waals surface area contributed by atoms with Crippen LogP contribution in [-0.4, -0.2) is 52.2 Å². The van der Waals surface area contributed by atoms with Crippen molar-refractivity contribution < 1.29 is 41.9 Å². The molecule has 57 heavy (non-hydrogen) atoms. The Bertz CT molecular complexity index is 1660. The molecule has 1 aliphatic carbocycles. The molecule has 0 aromatic heterocycles. The molecule has 2 N–H and O–H groups in total. The molecule has 0 unspecified atom stereocenters. The first kappa shape index (κ1) is 54.7. The molecule has 0 radical (unpaired) electrons. The topological polar surface area (TPSA) is 126 Å². The zero-order chi connectivity index (χ0) is 45.3. The molecule has 1 aromatic carbocycles. The lowest BCUT2D eigenvalue weighted by molar-refractivity contribution is -0.138. The van der Waals surface area contributed by atoms with Crippen molar-refractivity contribution in [3.8, 4) is 0 Å². The van der Waals surface area contributed by atoms with Crippen LogP contribution in [0.2, 0.25) is 0 Å². The minimum Gasteiger partial charge on any atom is -0.348 e. The molecule has 0 aliphatic heterocycles. The summed E-state index contributed by atoms with van der Waals surface area (Å²) in [7, 11) is 0. The van der Waals surface area contributed by atoms with Crippen LogP contribution < -0.4 is 10.6 Å². The van der Waals surface area contributed by atoms with Gasteiger partial charge in [-0.15, -0.1) is 0 Å². The van der Waals surface area contributed by atoms with Crippen LogP contribution in [0.5, 0.6) is 0 Å². The molecule has 0 bridgehead atoms. The summed E-state index contributed by atoms with van der Waals surface area (Å²) in [5, 5.41) is 5.39. The predicted molar refractivity (Wildman–Crippen MR) is 225 cm³/mol. The maximum atomic E-state index is 12.6. The summed E-state index contributed by atoms with van der Waals surface area (Å²) in [6.45, 7) is 31.3. The van der Waals surface area contributed by atoms with Crippen molar-refractivity contribution in [2.24, 2.45) is 16.7 Å². The van der Waals surface area contributed by atoms with Gasteiger partial charge in [-0.25, -0.2) is 0 Å². The fraction of sp³-hybridized carbons (Fsp3) is 0.565. The van der Waals surface area contributed by atoms with E-state index >= 15 is 0 Å². The molecule has 2 rings (SSSR count). The first-order valence-electron chi connectivity index (χ1n) is 19.1. The molecule has 1 saturated carbocycles. The van der Waals surface area contributed by atoms with Crippen LogP contribution in [0, 0.1) is 16.7 Å². The van der Waals surface area contributed by atoms with Crippen molar-refractivity contribution in [3.05, 3.63) is 76.9 Å².